The number of carbonyl (C=O) groups is 1. The zero-order chi connectivity index (χ0) is 14.1. The van der Waals surface area contributed by atoms with E-state index in [4.69, 9.17) is 23.2 Å². The molecule has 2 aromatic rings. The van der Waals surface area contributed by atoms with Crippen LogP contribution < -0.4 is 0 Å². The minimum atomic E-state index is -0.0218. The lowest BCUT2D eigenvalue weighted by Gasteiger charge is -2.24. The van der Waals surface area contributed by atoms with Crippen LogP contribution in [0.5, 0.6) is 0 Å². The number of nitrogens with one attached hydrogen (secondary N) is 1. The number of carbonyl (C=O) groups excluding carboxylic acids is 1. The highest BCUT2D eigenvalue weighted by Gasteiger charge is 2.31. The lowest BCUT2D eigenvalue weighted by Crippen LogP contribution is -2.30. The highest BCUT2D eigenvalue weighted by Crippen LogP contribution is 2.33. The van der Waals surface area contributed by atoms with Crippen molar-refractivity contribution >= 4 is 29.1 Å². The normalized spacial score (nSPS) is 18.5. The molecule has 1 N–H and O–H groups in total. The van der Waals surface area contributed by atoms with Gasteiger partial charge in [-0.1, -0.05) is 23.2 Å². The van der Waals surface area contributed by atoms with Gasteiger partial charge in [0.15, 0.2) is 0 Å². The van der Waals surface area contributed by atoms with E-state index in [9.17, 15) is 4.79 Å². The first-order chi connectivity index (χ1) is 9.65. The molecule has 0 unspecified atom stereocenters. The molecule has 5 heteroatoms. The molecule has 0 bridgehead atoms. The number of amides is 1. The molecule has 1 atom stereocenters. The van der Waals surface area contributed by atoms with Gasteiger partial charge in [0.25, 0.3) is 5.91 Å². The molecular weight excluding hydrogens is 295 g/mol. The van der Waals surface area contributed by atoms with E-state index in [0.29, 0.717) is 15.6 Å². The molecule has 2 heterocycles. The van der Waals surface area contributed by atoms with Gasteiger partial charge < -0.3 is 9.88 Å². The Balaban J connectivity index is 1.89. The second-order valence-corrected chi connectivity index (χ2v) is 5.81. The Morgan fingerprint density at radius 1 is 1.25 bits per heavy atom. The third-order valence-corrected chi connectivity index (χ3v) is 4.04. The predicted octanol–water partition coefficient (Wildman–Crippen LogP) is 4.30. The van der Waals surface area contributed by atoms with E-state index >= 15 is 0 Å². The maximum Gasteiger partial charge on any atom is 0.254 e. The van der Waals surface area contributed by atoms with Gasteiger partial charge in [0.1, 0.15) is 0 Å². The van der Waals surface area contributed by atoms with Crippen molar-refractivity contribution in [3.05, 3.63) is 57.8 Å². The molecule has 3 rings (SSSR count). The highest BCUT2D eigenvalue weighted by molar-refractivity contribution is 6.35. The first kappa shape index (κ1) is 13.5. The SMILES string of the molecule is O=C(c1cc(Cl)cc(Cl)c1)N1CCC[C@@H]1c1ccc[nH]1. The van der Waals surface area contributed by atoms with Crippen LogP contribution >= 0.6 is 23.2 Å². The zero-order valence-electron chi connectivity index (χ0n) is 10.8. The molecule has 1 fully saturated rings. The van der Waals surface area contributed by atoms with E-state index in [2.05, 4.69) is 4.98 Å². The summed E-state index contributed by atoms with van der Waals surface area (Å²) in [6.07, 6.45) is 3.86. The topological polar surface area (TPSA) is 36.1 Å². The largest absolute Gasteiger partial charge is 0.363 e. The average Bonchev–Trinajstić information content (AvgIpc) is 3.07. The number of halogens is 2. The number of nitrogens with zero attached hydrogens (tertiary/aromatic N) is 1. The number of hydrogen-bond acceptors (Lipinski definition) is 1. The number of likely N-dealkylation sites (tertiary alicyclic amines) is 1. The van der Waals surface area contributed by atoms with Gasteiger partial charge in [-0.05, 0) is 43.2 Å². The summed E-state index contributed by atoms with van der Waals surface area (Å²) in [6, 6.07) is 9.04. The second kappa shape index (κ2) is 5.51. The summed E-state index contributed by atoms with van der Waals surface area (Å²) in [6.45, 7) is 0.757. The molecule has 1 saturated heterocycles. The van der Waals surface area contributed by atoms with Crippen LogP contribution in [-0.4, -0.2) is 22.3 Å². The van der Waals surface area contributed by atoms with E-state index in [0.717, 1.165) is 25.1 Å². The van der Waals surface area contributed by atoms with Crippen molar-refractivity contribution in [1.29, 1.82) is 0 Å². The van der Waals surface area contributed by atoms with Crippen molar-refractivity contribution in [1.82, 2.24) is 9.88 Å². The molecule has 1 aromatic carbocycles. The van der Waals surface area contributed by atoms with Gasteiger partial charge in [-0.3, -0.25) is 4.79 Å². The first-order valence-electron chi connectivity index (χ1n) is 6.55. The van der Waals surface area contributed by atoms with E-state index < -0.39 is 0 Å². The van der Waals surface area contributed by atoms with Crippen molar-refractivity contribution in [2.75, 3.05) is 6.54 Å². The Labute approximate surface area is 127 Å². The minimum Gasteiger partial charge on any atom is -0.363 e. The molecule has 1 aliphatic heterocycles. The van der Waals surface area contributed by atoms with Crippen molar-refractivity contribution in [2.45, 2.75) is 18.9 Å². The van der Waals surface area contributed by atoms with Gasteiger partial charge in [-0.25, -0.2) is 0 Å². The van der Waals surface area contributed by atoms with Crippen LogP contribution in [0.15, 0.2) is 36.5 Å². The highest BCUT2D eigenvalue weighted by atomic mass is 35.5. The summed E-state index contributed by atoms with van der Waals surface area (Å²) >= 11 is 12.0. The van der Waals surface area contributed by atoms with E-state index in [-0.39, 0.29) is 11.9 Å². The van der Waals surface area contributed by atoms with Crippen LogP contribution in [-0.2, 0) is 0 Å². The molecule has 0 radical (unpaired) electrons. The van der Waals surface area contributed by atoms with Crippen LogP contribution in [0.1, 0.15) is 34.9 Å². The minimum absolute atomic E-state index is 0.0218. The van der Waals surface area contributed by atoms with E-state index in [1.807, 2.05) is 23.2 Å². The standard InChI is InChI=1S/C15H14Cl2N2O/c16-11-7-10(8-12(17)9-11)15(20)19-6-2-4-14(19)13-3-1-5-18-13/h1,3,5,7-9,14,18H,2,4,6H2/t14-/m1/s1. The maximum atomic E-state index is 12.7. The number of aromatic nitrogens is 1. The van der Waals surface area contributed by atoms with Crippen LogP contribution in [0.3, 0.4) is 0 Å². The Morgan fingerprint density at radius 2 is 2.00 bits per heavy atom. The van der Waals surface area contributed by atoms with Gasteiger partial charge in [0.05, 0.1) is 6.04 Å². The van der Waals surface area contributed by atoms with Gasteiger partial charge in [-0.2, -0.15) is 0 Å². The van der Waals surface area contributed by atoms with Crippen molar-refractivity contribution < 1.29 is 4.79 Å². The molecule has 0 spiro atoms. The van der Waals surface area contributed by atoms with Crippen molar-refractivity contribution in [3.8, 4) is 0 Å². The lowest BCUT2D eigenvalue weighted by molar-refractivity contribution is 0.0733. The van der Waals surface area contributed by atoms with Crippen molar-refractivity contribution in [3.63, 3.8) is 0 Å². The summed E-state index contributed by atoms with van der Waals surface area (Å²) in [4.78, 5) is 17.7. The average molecular weight is 309 g/mol. The lowest BCUT2D eigenvalue weighted by atomic mass is 10.1. The monoisotopic (exact) mass is 308 g/mol. The zero-order valence-corrected chi connectivity index (χ0v) is 12.3. The smallest absolute Gasteiger partial charge is 0.254 e. The predicted molar refractivity (Wildman–Crippen MR) is 80.3 cm³/mol. The number of hydrogen-bond donors (Lipinski definition) is 1. The number of H-pyrrole nitrogens is 1. The summed E-state index contributed by atoms with van der Waals surface area (Å²) < 4.78 is 0. The summed E-state index contributed by atoms with van der Waals surface area (Å²) in [5, 5.41) is 0.966. The van der Waals surface area contributed by atoms with Crippen LogP contribution in [0.25, 0.3) is 0 Å². The summed E-state index contributed by atoms with van der Waals surface area (Å²) in [5.41, 5.74) is 1.62. The van der Waals surface area contributed by atoms with Gasteiger partial charge >= 0.3 is 0 Å². The number of aromatic amines is 1. The fraction of sp³-hybridized carbons (Fsp3) is 0.267. The summed E-state index contributed by atoms with van der Waals surface area (Å²) in [5.74, 6) is -0.0218. The maximum absolute atomic E-state index is 12.7. The fourth-order valence-corrected chi connectivity index (χ4v) is 3.25. The van der Waals surface area contributed by atoms with Crippen LogP contribution in [0.4, 0.5) is 0 Å². The van der Waals surface area contributed by atoms with Crippen LogP contribution in [0, 0.1) is 0 Å². The van der Waals surface area contributed by atoms with Crippen LogP contribution in [0.2, 0.25) is 10.0 Å². The Hall–Kier alpha value is -1.45. The molecule has 0 aliphatic carbocycles. The summed E-state index contributed by atoms with van der Waals surface area (Å²) in [7, 11) is 0. The molecular formula is C15H14Cl2N2O. The fourth-order valence-electron chi connectivity index (χ4n) is 2.73. The third-order valence-electron chi connectivity index (χ3n) is 3.60. The molecule has 3 nitrogen and oxygen atoms in total. The van der Waals surface area contributed by atoms with Gasteiger partial charge in [0, 0.05) is 34.0 Å². The van der Waals surface area contributed by atoms with Crippen molar-refractivity contribution in [2.24, 2.45) is 0 Å². The molecule has 104 valence electrons. The van der Waals surface area contributed by atoms with E-state index in [1.54, 1.807) is 18.2 Å². The van der Waals surface area contributed by atoms with Gasteiger partial charge in [0.2, 0.25) is 0 Å². The number of benzene rings is 1. The Kier molecular flexibility index (Phi) is 3.72. The molecule has 0 saturated carbocycles. The third kappa shape index (κ3) is 2.56. The second-order valence-electron chi connectivity index (χ2n) is 4.94. The molecule has 1 amide bonds. The first-order valence-corrected chi connectivity index (χ1v) is 7.31. The number of rotatable bonds is 2. The van der Waals surface area contributed by atoms with Gasteiger partial charge in [-0.15, -0.1) is 0 Å². The van der Waals surface area contributed by atoms with E-state index in [1.165, 1.54) is 0 Å². The Bertz CT molecular complexity index is 605. The quantitative estimate of drug-likeness (QED) is 0.882. The molecule has 1 aliphatic rings. The Morgan fingerprint density at radius 3 is 2.65 bits per heavy atom. The molecule has 1 aromatic heterocycles. The molecule has 20 heavy (non-hydrogen) atoms.